The number of fused-ring (bicyclic) bond motifs is 1. The zero-order valence-electron chi connectivity index (χ0n) is 15.4. The number of amidine groups is 1. The van der Waals surface area contributed by atoms with Gasteiger partial charge < -0.3 is 16.0 Å². The average Bonchev–Trinajstić information content (AvgIpc) is 2.72. The molecule has 0 aliphatic carbocycles. The molecule has 0 unspecified atom stereocenters. The van der Waals surface area contributed by atoms with Crippen LogP contribution in [0.15, 0.2) is 53.5 Å². The second-order valence-corrected chi connectivity index (χ2v) is 8.16. The Hall–Kier alpha value is -2.47. The molecule has 0 saturated carbocycles. The van der Waals surface area contributed by atoms with E-state index in [4.69, 9.17) is 4.99 Å². The van der Waals surface area contributed by atoms with E-state index < -0.39 is 0 Å². The lowest BCUT2D eigenvalue weighted by Crippen LogP contribution is -2.54. The van der Waals surface area contributed by atoms with E-state index in [1.807, 2.05) is 42.1 Å². The molecule has 2 heterocycles. The van der Waals surface area contributed by atoms with E-state index in [9.17, 15) is 4.79 Å². The molecule has 0 aromatic heterocycles. The maximum absolute atomic E-state index is 11.9. The van der Waals surface area contributed by atoms with Crippen molar-refractivity contribution in [3.63, 3.8) is 0 Å². The van der Waals surface area contributed by atoms with Gasteiger partial charge in [0.2, 0.25) is 0 Å². The molecule has 1 fully saturated rings. The lowest BCUT2D eigenvalue weighted by molar-refractivity contribution is 0.0963. The zero-order chi connectivity index (χ0) is 18.7. The molecule has 1 amide bonds. The number of anilines is 2. The number of thioether (sulfide) groups is 1. The Labute approximate surface area is 164 Å². The minimum Gasteiger partial charge on any atom is -0.371 e. The first kappa shape index (κ1) is 17.9. The van der Waals surface area contributed by atoms with Gasteiger partial charge in [-0.2, -0.15) is 11.8 Å². The highest BCUT2D eigenvalue weighted by Crippen LogP contribution is 2.38. The number of rotatable bonds is 3. The van der Waals surface area contributed by atoms with Gasteiger partial charge in [-0.25, -0.2) is 0 Å². The normalized spacial score (nSPS) is 19.1. The van der Waals surface area contributed by atoms with Crippen LogP contribution in [0.25, 0.3) is 0 Å². The lowest BCUT2D eigenvalue weighted by atomic mass is 9.87. The lowest BCUT2D eigenvalue weighted by Gasteiger charge is -2.43. The summed E-state index contributed by atoms with van der Waals surface area (Å²) in [6.45, 7) is 0.548. The Balaban J connectivity index is 1.63. The summed E-state index contributed by atoms with van der Waals surface area (Å²) in [6, 6.07) is 16.0. The Morgan fingerprint density at radius 1 is 1.15 bits per heavy atom. The topological polar surface area (TPSA) is 65.5 Å². The van der Waals surface area contributed by atoms with Gasteiger partial charge in [0.25, 0.3) is 5.91 Å². The average molecular weight is 381 g/mol. The summed E-state index contributed by atoms with van der Waals surface area (Å²) in [5, 5.41) is 10.0. The number of nitrogens with one attached hydrogen (secondary N) is 3. The molecule has 1 spiro atoms. The Morgan fingerprint density at radius 2 is 1.93 bits per heavy atom. The van der Waals surface area contributed by atoms with Crippen LogP contribution in [0.2, 0.25) is 0 Å². The van der Waals surface area contributed by atoms with Crippen molar-refractivity contribution in [2.45, 2.75) is 24.9 Å². The van der Waals surface area contributed by atoms with Crippen molar-refractivity contribution < 1.29 is 4.79 Å². The summed E-state index contributed by atoms with van der Waals surface area (Å²) in [5.74, 6) is 3.19. The summed E-state index contributed by atoms with van der Waals surface area (Å²) < 4.78 is 0. The Bertz CT molecular complexity index is 874. The van der Waals surface area contributed by atoms with Crippen LogP contribution in [0.3, 0.4) is 0 Å². The second-order valence-electron chi connectivity index (χ2n) is 6.93. The van der Waals surface area contributed by atoms with E-state index in [1.54, 1.807) is 7.05 Å². The van der Waals surface area contributed by atoms with Gasteiger partial charge in [0.05, 0.1) is 23.5 Å². The number of hydrogen-bond acceptors (Lipinski definition) is 4. The predicted octanol–water partition coefficient (Wildman–Crippen LogP) is 3.75. The standard InChI is InChI=1S/C21H24N4OS/c1-22-19(26)16-6-4-5-15(13-16)14-23-20-21(9-11-27-12-10-21)25-18-8-3-2-7-17(18)24-20/h2-8,13,25H,9-12,14H2,1H3,(H,22,26)(H,23,24). The quantitative estimate of drug-likeness (QED) is 0.759. The minimum atomic E-state index is -0.127. The van der Waals surface area contributed by atoms with Gasteiger partial charge in [-0.3, -0.25) is 9.79 Å². The summed E-state index contributed by atoms with van der Waals surface area (Å²) >= 11 is 2.00. The van der Waals surface area contributed by atoms with E-state index in [0.717, 1.165) is 47.1 Å². The third-order valence-corrected chi connectivity index (χ3v) is 6.18. The first-order valence-electron chi connectivity index (χ1n) is 9.28. The van der Waals surface area contributed by atoms with Crippen molar-refractivity contribution in [1.82, 2.24) is 5.32 Å². The fourth-order valence-electron chi connectivity index (χ4n) is 3.66. The number of carbonyl (C=O) groups excluding carboxylic acids is 1. The fraction of sp³-hybridized carbons (Fsp3) is 0.333. The Morgan fingerprint density at radius 3 is 2.70 bits per heavy atom. The number of amides is 1. The van der Waals surface area contributed by atoms with Gasteiger partial charge in [0, 0.05) is 12.6 Å². The highest BCUT2D eigenvalue weighted by molar-refractivity contribution is 7.99. The van der Waals surface area contributed by atoms with Crippen LogP contribution >= 0.6 is 11.8 Å². The maximum atomic E-state index is 11.9. The molecule has 0 radical (unpaired) electrons. The van der Waals surface area contributed by atoms with Gasteiger partial charge in [-0.15, -0.1) is 0 Å². The number of benzene rings is 2. The number of para-hydroxylation sites is 2. The third-order valence-electron chi connectivity index (χ3n) is 5.19. The molecule has 4 rings (SSSR count). The van der Waals surface area contributed by atoms with E-state index >= 15 is 0 Å². The number of carbonyl (C=O) groups is 1. The van der Waals surface area contributed by atoms with E-state index in [2.05, 4.69) is 34.1 Å². The van der Waals surface area contributed by atoms with Gasteiger partial charge in [0.15, 0.2) is 0 Å². The van der Waals surface area contributed by atoms with Gasteiger partial charge in [0.1, 0.15) is 5.84 Å². The molecule has 2 aliphatic heterocycles. The van der Waals surface area contributed by atoms with Crippen LogP contribution in [0, 0.1) is 0 Å². The SMILES string of the molecule is CNC(=O)c1cccc(CN=C2Nc3ccccc3NC23CCSCC3)c1. The highest BCUT2D eigenvalue weighted by atomic mass is 32.2. The van der Waals surface area contributed by atoms with Crippen LogP contribution in [0.4, 0.5) is 11.4 Å². The van der Waals surface area contributed by atoms with E-state index in [-0.39, 0.29) is 11.4 Å². The van der Waals surface area contributed by atoms with Crippen molar-refractivity contribution in [2.75, 3.05) is 29.2 Å². The molecule has 5 nitrogen and oxygen atoms in total. The fourth-order valence-corrected chi connectivity index (χ4v) is 4.85. The van der Waals surface area contributed by atoms with Crippen LogP contribution in [-0.2, 0) is 6.54 Å². The summed E-state index contributed by atoms with van der Waals surface area (Å²) in [6.07, 6.45) is 2.10. The molecule has 3 N–H and O–H groups in total. The van der Waals surface area contributed by atoms with Gasteiger partial charge in [-0.05, 0) is 54.2 Å². The van der Waals surface area contributed by atoms with Crippen molar-refractivity contribution in [3.05, 3.63) is 59.7 Å². The number of aliphatic imine (C=N–C) groups is 1. The smallest absolute Gasteiger partial charge is 0.251 e. The van der Waals surface area contributed by atoms with Crippen LogP contribution < -0.4 is 16.0 Å². The third kappa shape index (κ3) is 3.67. The summed E-state index contributed by atoms with van der Waals surface area (Å²) in [7, 11) is 1.65. The molecule has 2 aromatic rings. The molecule has 2 aliphatic rings. The van der Waals surface area contributed by atoms with Gasteiger partial charge in [-0.1, -0.05) is 24.3 Å². The highest BCUT2D eigenvalue weighted by Gasteiger charge is 2.40. The minimum absolute atomic E-state index is 0.0725. The summed E-state index contributed by atoms with van der Waals surface area (Å²) in [4.78, 5) is 16.8. The maximum Gasteiger partial charge on any atom is 0.251 e. The molecular weight excluding hydrogens is 356 g/mol. The largest absolute Gasteiger partial charge is 0.371 e. The zero-order valence-corrected chi connectivity index (χ0v) is 16.2. The summed E-state index contributed by atoms with van der Waals surface area (Å²) in [5.41, 5.74) is 3.78. The van der Waals surface area contributed by atoms with Gasteiger partial charge >= 0.3 is 0 Å². The molecule has 0 bridgehead atoms. The van der Waals surface area contributed by atoms with E-state index in [0.29, 0.717) is 12.1 Å². The molecule has 140 valence electrons. The number of nitrogens with zero attached hydrogens (tertiary/aromatic N) is 1. The Kier molecular flexibility index (Phi) is 5.07. The van der Waals surface area contributed by atoms with Crippen molar-refractivity contribution in [3.8, 4) is 0 Å². The second kappa shape index (κ2) is 7.64. The molecule has 6 heteroatoms. The predicted molar refractivity (Wildman–Crippen MR) is 114 cm³/mol. The molecule has 2 aromatic carbocycles. The van der Waals surface area contributed by atoms with Crippen molar-refractivity contribution in [2.24, 2.45) is 4.99 Å². The van der Waals surface area contributed by atoms with E-state index in [1.165, 1.54) is 0 Å². The van der Waals surface area contributed by atoms with Crippen LogP contribution in [0.5, 0.6) is 0 Å². The first-order chi connectivity index (χ1) is 13.2. The van der Waals surface area contributed by atoms with Crippen molar-refractivity contribution in [1.29, 1.82) is 0 Å². The molecule has 0 atom stereocenters. The van der Waals surface area contributed by atoms with Crippen LogP contribution in [0.1, 0.15) is 28.8 Å². The molecule has 27 heavy (non-hydrogen) atoms. The monoisotopic (exact) mass is 380 g/mol. The van der Waals surface area contributed by atoms with Crippen molar-refractivity contribution >= 4 is 34.9 Å². The van der Waals surface area contributed by atoms with Crippen LogP contribution in [-0.4, -0.2) is 35.8 Å². The first-order valence-corrected chi connectivity index (χ1v) is 10.4. The number of hydrogen-bond donors (Lipinski definition) is 3. The molecule has 1 saturated heterocycles. The molecular formula is C21H24N4OS.